The van der Waals surface area contributed by atoms with Gasteiger partial charge in [-0.1, -0.05) is 0 Å². The minimum absolute atomic E-state index is 0.254. The normalized spacial score (nSPS) is 13.4. The molecular weight excluding hydrogens is 371 g/mol. The highest BCUT2D eigenvalue weighted by Crippen LogP contribution is 2.27. The van der Waals surface area contributed by atoms with Crippen molar-refractivity contribution in [3.63, 3.8) is 0 Å². The van der Waals surface area contributed by atoms with Crippen LogP contribution in [0, 0.1) is 19.7 Å². The Balaban J connectivity index is 1.73. The monoisotopic (exact) mass is 390 g/mol. The number of aromatic nitrogens is 2. The van der Waals surface area contributed by atoms with Crippen molar-refractivity contribution in [2.45, 2.75) is 39.9 Å². The van der Waals surface area contributed by atoms with Crippen LogP contribution in [0.1, 0.15) is 36.2 Å². The van der Waals surface area contributed by atoms with Crippen molar-refractivity contribution in [2.24, 2.45) is 0 Å². The largest absolute Gasteiger partial charge is 0.479 e. The molecule has 0 saturated carbocycles. The van der Waals surface area contributed by atoms with Gasteiger partial charge in [-0.15, -0.1) is 11.3 Å². The maximum absolute atomic E-state index is 12.9. The van der Waals surface area contributed by atoms with E-state index in [2.05, 4.69) is 9.97 Å². The molecule has 0 bridgehead atoms. The van der Waals surface area contributed by atoms with E-state index in [1.165, 1.54) is 42.5 Å². The van der Waals surface area contributed by atoms with Crippen molar-refractivity contribution in [3.8, 4) is 5.75 Å². The smallest absolute Gasteiger partial charge is 0.347 e. The molecule has 1 aromatic carbocycles. The third-order valence-corrected chi connectivity index (χ3v) is 5.29. The van der Waals surface area contributed by atoms with E-state index in [1.54, 1.807) is 6.92 Å². The highest BCUT2D eigenvalue weighted by molar-refractivity contribution is 7.18. The first-order valence-corrected chi connectivity index (χ1v) is 9.20. The number of benzene rings is 1. The van der Waals surface area contributed by atoms with Crippen LogP contribution in [-0.2, 0) is 9.53 Å². The Labute approximate surface area is 159 Å². The number of aryl methyl sites for hydroxylation is 2. The van der Waals surface area contributed by atoms with Crippen LogP contribution in [0.15, 0.2) is 29.1 Å². The van der Waals surface area contributed by atoms with Crippen LogP contribution in [0.4, 0.5) is 4.39 Å². The van der Waals surface area contributed by atoms with Crippen molar-refractivity contribution in [3.05, 3.63) is 56.7 Å². The van der Waals surface area contributed by atoms with Gasteiger partial charge in [0.15, 0.2) is 18.0 Å². The van der Waals surface area contributed by atoms with Crippen LogP contribution in [-0.4, -0.2) is 22.0 Å². The molecule has 0 aliphatic rings. The van der Waals surface area contributed by atoms with Crippen molar-refractivity contribution in [1.29, 1.82) is 0 Å². The first-order chi connectivity index (χ1) is 12.8. The Morgan fingerprint density at radius 3 is 2.56 bits per heavy atom. The van der Waals surface area contributed by atoms with Gasteiger partial charge < -0.3 is 14.5 Å². The van der Waals surface area contributed by atoms with Crippen molar-refractivity contribution < 1.29 is 18.7 Å². The lowest BCUT2D eigenvalue weighted by atomic mass is 10.2. The second-order valence-electron chi connectivity index (χ2n) is 6.21. The molecule has 0 saturated heterocycles. The van der Waals surface area contributed by atoms with Gasteiger partial charge in [-0.05, 0) is 57.5 Å². The van der Waals surface area contributed by atoms with E-state index in [-0.39, 0.29) is 11.4 Å². The average molecular weight is 390 g/mol. The molecular formula is C19H19FN2O4S. The van der Waals surface area contributed by atoms with Crippen LogP contribution in [0.3, 0.4) is 0 Å². The van der Waals surface area contributed by atoms with E-state index in [9.17, 15) is 14.0 Å². The van der Waals surface area contributed by atoms with Crippen molar-refractivity contribution in [1.82, 2.24) is 9.97 Å². The number of hydrogen-bond acceptors (Lipinski definition) is 6. The predicted molar refractivity (Wildman–Crippen MR) is 101 cm³/mol. The molecule has 27 heavy (non-hydrogen) atoms. The number of carbonyl (C=O) groups excluding carboxylic acids is 1. The quantitative estimate of drug-likeness (QED) is 0.670. The fourth-order valence-electron chi connectivity index (χ4n) is 2.56. The van der Waals surface area contributed by atoms with Gasteiger partial charge >= 0.3 is 5.97 Å². The zero-order chi connectivity index (χ0) is 19.7. The van der Waals surface area contributed by atoms with Crippen LogP contribution in [0.2, 0.25) is 0 Å². The number of hydrogen-bond donors (Lipinski definition) is 1. The molecule has 3 aromatic rings. The molecule has 2 heterocycles. The van der Waals surface area contributed by atoms with Gasteiger partial charge in [0, 0.05) is 4.88 Å². The molecule has 0 unspecified atom stereocenters. The number of carbonyl (C=O) groups is 1. The fraction of sp³-hybridized carbons (Fsp3) is 0.316. The van der Waals surface area contributed by atoms with Gasteiger partial charge in [0.25, 0.3) is 5.56 Å². The molecule has 6 nitrogen and oxygen atoms in total. The first-order valence-electron chi connectivity index (χ1n) is 8.39. The summed E-state index contributed by atoms with van der Waals surface area (Å²) >= 11 is 1.43. The maximum Gasteiger partial charge on any atom is 0.347 e. The molecule has 1 N–H and O–H groups in total. The summed E-state index contributed by atoms with van der Waals surface area (Å²) in [6.07, 6.45) is -1.66. The van der Waals surface area contributed by atoms with Gasteiger partial charge in [-0.25, -0.2) is 14.2 Å². The number of aromatic amines is 1. The molecule has 0 radical (unpaired) electrons. The number of nitrogens with zero attached hydrogens (tertiary/aromatic N) is 1. The Hall–Kier alpha value is -2.74. The van der Waals surface area contributed by atoms with E-state index in [1.807, 2.05) is 13.8 Å². The molecule has 0 aliphatic heterocycles. The number of esters is 1. The SMILES string of the molecule is Cc1sc2nc([C@H](C)OC(=O)[C@@H](C)Oc3ccc(F)cc3)[nH]c(=O)c2c1C. The van der Waals surface area contributed by atoms with E-state index in [0.717, 1.165) is 10.4 Å². The number of nitrogens with one attached hydrogen (secondary N) is 1. The lowest BCUT2D eigenvalue weighted by Gasteiger charge is -2.17. The van der Waals surface area contributed by atoms with Gasteiger partial charge in [-0.3, -0.25) is 4.79 Å². The summed E-state index contributed by atoms with van der Waals surface area (Å²) in [5, 5.41) is 0.563. The van der Waals surface area contributed by atoms with Crippen LogP contribution in [0.5, 0.6) is 5.75 Å². The van der Waals surface area contributed by atoms with Crippen LogP contribution < -0.4 is 10.3 Å². The molecule has 0 fully saturated rings. The average Bonchev–Trinajstić information content (AvgIpc) is 2.91. The summed E-state index contributed by atoms with van der Waals surface area (Å²) in [5.41, 5.74) is 0.650. The van der Waals surface area contributed by atoms with E-state index >= 15 is 0 Å². The van der Waals surface area contributed by atoms with E-state index in [4.69, 9.17) is 9.47 Å². The fourth-order valence-corrected chi connectivity index (χ4v) is 3.59. The van der Waals surface area contributed by atoms with Crippen LogP contribution in [0.25, 0.3) is 10.2 Å². The van der Waals surface area contributed by atoms with Gasteiger partial charge in [0.2, 0.25) is 0 Å². The molecule has 0 spiro atoms. The number of thiophene rings is 1. The Morgan fingerprint density at radius 1 is 1.22 bits per heavy atom. The second-order valence-corrected chi connectivity index (χ2v) is 7.41. The minimum atomic E-state index is -0.903. The van der Waals surface area contributed by atoms with E-state index in [0.29, 0.717) is 16.0 Å². The van der Waals surface area contributed by atoms with Crippen molar-refractivity contribution >= 4 is 27.5 Å². The maximum atomic E-state index is 12.9. The topological polar surface area (TPSA) is 81.3 Å². The minimum Gasteiger partial charge on any atom is -0.479 e. The summed E-state index contributed by atoms with van der Waals surface area (Å²) in [6, 6.07) is 5.34. The zero-order valence-corrected chi connectivity index (χ0v) is 16.1. The number of H-pyrrole nitrogens is 1. The lowest BCUT2D eigenvalue weighted by Crippen LogP contribution is -2.28. The first kappa shape index (κ1) is 19.0. The van der Waals surface area contributed by atoms with Gasteiger partial charge in [-0.2, -0.15) is 0 Å². The van der Waals surface area contributed by atoms with Crippen molar-refractivity contribution in [2.75, 3.05) is 0 Å². The molecule has 142 valence electrons. The zero-order valence-electron chi connectivity index (χ0n) is 15.3. The molecule has 0 aliphatic carbocycles. The summed E-state index contributed by atoms with van der Waals surface area (Å²) in [7, 11) is 0. The highest BCUT2D eigenvalue weighted by atomic mass is 32.1. The standard InChI is InChI=1S/C19H19FN2O4S/c1-9-12(4)27-18-15(9)17(23)21-16(22-18)10(2)26-19(24)11(3)25-14-7-5-13(20)6-8-14/h5-8,10-11H,1-4H3,(H,21,22,23)/t10-,11+/m0/s1. The summed E-state index contributed by atoms with van der Waals surface area (Å²) < 4.78 is 23.7. The third kappa shape index (κ3) is 4.00. The summed E-state index contributed by atoms with van der Waals surface area (Å²) in [5.74, 6) is -0.383. The summed E-state index contributed by atoms with van der Waals surface area (Å²) in [4.78, 5) is 33.4. The molecule has 2 atom stereocenters. The van der Waals surface area contributed by atoms with E-state index < -0.39 is 24.0 Å². The molecule has 3 rings (SSSR count). The molecule has 8 heteroatoms. The third-order valence-electron chi connectivity index (χ3n) is 4.19. The summed E-state index contributed by atoms with van der Waals surface area (Å²) in [6.45, 7) is 6.96. The number of fused-ring (bicyclic) bond motifs is 1. The number of rotatable bonds is 5. The molecule has 2 aromatic heterocycles. The number of ether oxygens (including phenoxy) is 2. The Morgan fingerprint density at radius 2 is 1.89 bits per heavy atom. The Bertz CT molecular complexity index is 1040. The second kappa shape index (κ2) is 7.48. The Kier molecular flexibility index (Phi) is 5.27. The predicted octanol–water partition coefficient (Wildman–Crippen LogP) is 3.81. The van der Waals surface area contributed by atoms with Gasteiger partial charge in [0.1, 0.15) is 16.4 Å². The van der Waals surface area contributed by atoms with Gasteiger partial charge in [0.05, 0.1) is 5.39 Å². The highest BCUT2D eigenvalue weighted by Gasteiger charge is 2.22. The van der Waals surface area contributed by atoms with Crippen LogP contribution >= 0.6 is 11.3 Å². The molecule has 0 amide bonds. The number of halogens is 1. The lowest BCUT2D eigenvalue weighted by molar-refractivity contribution is -0.156.